The van der Waals surface area contributed by atoms with E-state index in [2.05, 4.69) is 5.32 Å². The van der Waals surface area contributed by atoms with Crippen molar-refractivity contribution in [3.8, 4) is 0 Å². The van der Waals surface area contributed by atoms with Crippen molar-refractivity contribution < 1.29 is 9.66 Å². The van der Waals surface area contributed by atoms with E-state index in [0.29, 0.717) is 12.3 Å². The van der Waals surface area contributed by atoms with Gasteiger partial charge in [-0.1, -0.05) is 23.2 Å². The molecule has 2 atom stereocenters. The van der Waals surface area contributed by atoms with Crippen molar-refractivity contribution in [3.05, 3.63) is 32.3 Å². The van der Waals surface area contributed by atoms with Gasteiger partial charge in [0.25, 0.3) is 5.69 Å². The van der Waals surface area contributed by atoms with Crippen LogP contribution in [0.3, 0.4) is 0 Å². The zero-order chi connectivity index (χ0) is 14.2. The van der Waals surface area contributed by atoms with Crippen LogP contribution in [0.4, 0.5) is 11.4 Å². The van der Waals surface area contributed by atoms with Gasteiger partial charge in [-0.3, -0.25) is 10.1 Å². The molecule has 0 saturated carbocycles. The number of nitrogens with one attached hydrogen (secondary N) is 1. The van der Waals surface area contributed by atoms with Crippen LogP contribution < -0.4 is 5.32 Å². The van der Waals surface area contributed by atoms with E-state index in [9.17, 15) is 10.1 Å². The molecule has 2 rings (SSSR count). The summed E-state index contributed by atoms with van der Waals surface area (Å²) in [6, 6.07) is 2.74. The SMILES string of the molecule is CC1OCCC1(C)Nc1cc(Cl)c(Cl)cc1[N+](=O)[O-]. The minimum absolute atomic E-state index is 0.0402. The van der Waals surface area contributed by atoms with E-state index in [1.54, 1.807) is 0 Å². The molecular weight excluding hydrogens is 291 g/mol. The lowest BCUT2D eigenvalue weighted by Gasteiger charge is -2.30. The number of nitro groups is 1. The number of nitro benzene ring substituents is 1. The van der Waals surface area contributed by atoms with Crippen LogP contribution in [0.15, 0.2) is 12.1 Å². The van der Waals surface area contributed by atoms with Gasteiger partial charge in [0.1, 0.15) is 5.69 Å². The van der Waals surface area contributed by atoms with Crippen molar-refractivity contribution in [2.75, 3.05) is 11.9 Å². The summed E-state index contributed by atoms with van der Waals surface area (Å²) >= 11 is 11.8. The van der Waals surface area contributed by atoms with Gasteiger partial charge >= 0.3 is 0 Å². The van der Waals surface area contributed by atoms with Gasteiger partial charge in [-0.15, -0.1) is 0 Å². The molecule has 1 saturated heterocycles. The topological polar surface area (TPSA) is 64.4 Å². The van der Waals surface area contributed by atoms with Crippen molar-refractivity contribution in [2.24, 2.45) is 0 Å². The molecule has 1 aromatic carbocycles. The zero-order valence-electron chi connectivity index (χ0n) is 10.6. The molecule has 1 fully saturated rings. The smallest absolute Gasteiger partial charge is 0.293 e. The van der Waals surface area contributed by atoms with E-state index in [1.165, 1.54) is 12.1 Å². The summed E-state index contributed by atoms with van der Waals surface area (Å²) in [6.45, 7) is 4.53. The van der Waals surface area contributed by atoms with Crippen molar-refractivity contribution in [3.63, 3.8) is 0 Å². The van der Waals surface area contributed by atoms with Gasteiger partial charge in [0.05, 0.1) is 26.6 Å². The minimum Gasteiger partial charge on any atom is -0.376 e. The average molecular weight is 305 g/mol. The number of hydrogen-bond donors (Lipinski definition) is 1. The molecule has 0 bridgehead atoms. The lowest BCUT2D eigenvalue weighted by molar-refractivity contribution is -0.384. The standard InChI is InChI=1S/C12H14Cl2N2O3/c1-7-12(2,3-4-19-7)15-10-5-8(13)9(14)6-11(10)16(17)18/h5-7,15H,3-4H2,1-2H3. The molecule has 1 heterocycles. The summed E-state index contributed by atoms with van der Waals surface area (Å²) in [6.07, 6.45) is 0.729. The summed E-state index contributed by atoms with van der Waals surface area (Å²) in [4.78, 5) is 10.6. The molecule has 104 valence electrons. The normalized spacial score (nSPS) is 26.4. The molecule has 0 amide bonds. The molecule has 0 radical (unpaired) electrons. The maximum atomic E-state index is 11.1. The second-order valence-corrected chi connectivity index (χ2v) is 5.66. The second kappa shape index (κ2) is 5.15. The van der Waals surface area contributed by atoms with Crippen LogP contribution in [0.25, 0.3) is 0 Å². The van der Waals surface area contributed by atoms with E-state index >= 15 is 0 Å². The van der Waals surface area contributed by atoms with Gasteiger partial charge in [0.15, 0.2) is 0 Å². The van der Waals surface area contributed by atoms with Crippen molar-refractivity contribution in [1.82, 2.24) is 0 Å². The Balaban J connectivity index is 2.39. The zero-order valence-corrected chi connectivity index (χ0v) is 12.1. The van der Waals surface area contributed by atoms with Crippen LogP contribution in [0, 0.1) is 10.1 Å². The number of nitrogens with zero attached hydrogens (tertiary/aromatic N) is 1. The van der Waals surface area contributed by atoms with Crippen LogP contribution in [-0.2, 0) is 4.74 Å². The molecular formula is C12H14Cl2N2O3. The Morgan fingerprint density at radius 3 is 2.63 bits per heavy atom. The second-order valence-electron chi connectivity index (χ2n) is 4.85. The molecule has 1 aliphatic heterocycles. The Morgan fingerprint density at radius 1 is 1.47 bits per heavy atom. The third-order valence-corrected chi connectivity index (χ3v) is 4.26. The highest BCUT2D eigenvalue weighted by atomic mass is 35.5. The van der Waals surface area contributed by atoms with Gasteiger partial charge in [0.2, 0.25) is 0 Å². The summed E-state index contributed by atoms with van der Waals surface area (Å²) in [5.74, 6) is 0. The highest BCUT2D eigenvalue weighted by Crippen LogP contribution is 2.38. The maximum absolute atomic E-state index is 11.1. The molecule has 5 nitrogen and oxygen atoms in total. The summed E-state index contributed by atoms with van der Waals surface area (Å²) in [5, 5.41) is 14.7. The fraction of sp³-hybridized carbons (Fsp3) is 0.500. The molecule has 2 unspecified atom stereocenters. The Bertz CT molecular complexity index is 524. The van der Waals surface area contributed by atoms with Crippen molar-refractivity contribution in [2.45, 2.75) is 31.9 Å². The molecule has 1 aliphatic rings. The van der Waals surface area contributed by atoms with Crippen LogP contribution in [0.2, 0.25) is 10.0 Å². The van der Waals surface area contributed by atoms with Crippen molar-refractivity contribution >= 4 is 34.6 Å². The highest BCUT2D eigenvalue weighted by molar-refractivity contribution is 6.42. The van der Waals surface area contributed by atoms with E-state index in [0.717, 1.165) is 6.42 Å². The molecule has 7 heteroatoms. The van der Waals surface area contributed by atoms with E-state index in [-0.39, 0.29) is 27.4 Å². The average Bonchev–Trinajstić information content (AvgIpc) is 2.63. The molecule has 0 aromatic heterocycles. The van der Waals surface area contributed by atoms with E-state index in [1.807, 2.05) is 13.8 Å². The number of benzene rings is 1. The molecule has 1 aromatic rings. The quantitative estimate of drug-likeness (QED) is 0.680. The highest BCUT2D eigenvalue weighted by Gasteiger charge is 2.38. The Labute approximate surface area is 121 Å². The van der Waals surface area contributed by atoms with Crippen molar-refractivity contribution in [1.29, 1.82) is 0 Å². The van der Waals surface area contributed by atoms with E-state index < -0.39 is 4.92 Å². The number of ether oxygens (including phenoxy) is 1. The van der Waals surface area contributed by atoms with Gasteiger partial charge < -0.3 is 10.1 Å². The van der Waals surface area contributed by atoms with Gasteiger partial charge in [-0.2, -0.15) is 0 Å². The fourth-order valence-electron chi connectivity index (χ4n) is 2.09. The Kier molecular flexibility index (Phi) is 3.90. The maximum Gasteiger partial charge on any atom is 0.293 e. The largest absolute Gasteiger partial charge is 0.376 e. The predicted molar refractivity (Wildman–Crippen MR) is 75.2 cm³/mol. The third kappa shape index (κ3) is 2.78. The first-order valence-electron chi connectivity index (χ1n) is 5.87. The fourth-order valence-corrected chi connectivity index (χ4v) is 2.42. The molecule has 0 aliphatic carbocycles. The van der Waals surface area contributed by atoms with Gasteiger partial charge in [-0.05, 0) is 26.3 Å². The first kappa shape index (κ1) is 14.4. The lowest BCUT2D eigenvalue weighted by Crippen LogP contribution is -2.41. The summed E-state index contributed by atoms with van der Waals surface area (Å²) in [7, 11) is 0. The molecule has 0 spiro atoms. The first-order chi connectivity index (χ1) is 8.83. The predicted octanol–water partition coefficient (Wildman–Crippen LogP) is 3.88. The van der Waals surface area contributed by atoms with Crippen LogP contribution in [-0.4, -0.2) is 23.2 Å². The van der Waals surface area contributed by atoms with Gasteiger partial charge in [-0.25, -0.2) is 0 Å². The number of anilines is 1. The monoisotopic (exact) mass is 304 g/mol. The molecule has 1 N–H and O–H groups in total. The third-order valence-electron chi connectivity index (χ3n) is 3.54. The Hall–Kier alpha value is -1.04. The van der Waals surface area contributed by atoms with Crippen LogP contribution in [0.1, 0.15) is 20.3 Å². The minimum atomic E-state index is -0.478. The number of hydrogen-bond acceptors (Lipinski definition) is 4. The number of halogens is 2. The lowest BCUT2D eigenvalue weighted by atomic mass is 9.94. The summed E-state index contributed by atoms with van der Waals surface area (Å²) in [5.41, 5.74) is -0.0870. The first-order valence-corrected chi connectivity index (χ1v) is 6.62. The van der Waals surface area contributed by atoms with Crippen LogP contribution in [0.5, 0.6) is 0 Å². The van der Waals surface area contributed by atoms with E-state index in [4.69, 9.17) is 27.9 Å². The van der Waals surface area contributed by atoms with Crippen LogP contribution >= 0.6 is 23.2 Å². The molecule has 19 heavy (non-hydrogen) atoms. The van der Waals surface area contributed by atoms with Gasteiger partial charge in [0, 0.05) is 12.7 Å². The summed E-state index contributed by atoms with van der Waals surface area (Å²) < 4.78 is 5.50. The Morgan fingerprint density at radius 2 is 2.11 bits per heavy atom. The number of rotatable bonds is 3.